The third-order valence-corrected chi connectivity index (χ3v) is 12.7. The molecule has 0 bridgehead atoms. The second-order valence-electron chi connectivity index (χ2n) is 9.85. The maximum atomic E-state index is 12.9. The van der Waals surface area contributed by atoms with Gasteiger partial charge in [0.1, 0.15) is 0 Å². The number of benzene rings is 5. The molecule has 0 fully saturated rings. The zero-order chi connectivity index (χ0) is 25.0. The number of hydrogen-bond acceptors (Lipinski definition) is 2. The van der Waals surface area contributed by atoms with Gasteiger partial charge in [-0.2, -0.15) is 0 Å². The predicted molar refractivity (Wildman–Crippen MR) is 154 cm³/mol. The van der Waals surface area contributed by atoms with Crippen molar-refractivity contribution < 1.29 is 4.79 Å². The van der Waals surface area contributed by atoms with Gasteiger partial charge >= 0.3 is 0 Å². The fraction of sp³-hybridized carbons (Fsp3) is 0.0606. The van der Waals surface area contributed by atoms with Crippen molar-refractivity contribution in [2.24, 2.45) is 0 Å². The monoisotopic (exact) mass is 494 g/mol. The summed E-state index contributed by atoms with van der Waals surface area (Å²) in [6.07, 6.45) is 0. The van der Waals surface area contributed by atoms with Gasteiger partial charge in [-0.3, -0.25) is 4.79 Å². The van der Waals surface area contributed by atoms with Crippen LogP contribution >= 0.6 is 0 Å². The lowest BCUT2D eigenvalue weighted by atomic mass is 10.1. The van der Waals surface area contributed by atoms with E-state index in [4.69, 9.17) is 0 Å². The molecule has 0 aliphatic carbocycles. The van der Waals surface area contributed by atoms with E-state index >= 15 is 0 Å². The molecule has 0 saturated carbocycles. The van der Waals surface area contributed by atoms with Gasteiger partial charge in [-0.1, -0.05) is 103 Å². The Balaban J connectivity index is 1.56. The standard InChI is InChI=1S/C33H26N2OSi/c1-34-23-24-20-21-25(22-28(24)33(34)36)35-29-16-8-10-18-31(29)37(26-12-4-2-5-13-26,27-14-6-3-7-15-27)32-19-11-9-17-30(32)35/h2-22H,23H2,1H3. The smallest absolute Gasteiger partial charge is 0.254 e. The van der Waals surface area contributed by atoms with Crippen molar-refractivity contribution in [2.75, 3.05) is 11.9 Å². The summed E-state index contributed by atoms with van der Waals surface area (Å²) >= 11 is 0. The van der Waals surface area contributed by atoms with Crippen LogP contribution in [-0.4, -0.2) is 25.9 Å². The third-order valence-electron chi connectivity index (χ3n) is 7.85. The maximum Gasteiger partial charge on any atom is 0.254 e. The molecule has 178 valence electrons. The molecule has 0 saturated heterocycles. The Kier molecular flexibility index (Phi) is 4.91. The molecule has 3 nitrogen and oxygen atoms in total. The Bertz CT molecular complexity index is 1560. The minimum Gasteiger partial charge on any atom is -0.337 e. The zero-order valence-corrected chi connectivity index (χ0v) is 21.6. The second kappa shape index (κ2) is 8.32. The summed E-state index contributed by atoms with van der Waals surface area (Å²) in [6.45, 7) is 0.666. The normalized spacial score (nSPS) is 15.2. The fourth-order valence-electron chi connectivity index (χ4n) is 6.26. The van der Waals surface area contributed by atoms with Crippen LogP contribution in [0.1, 0.15) is 15.9 Å². The third kappa shape index (κ3) is 3.09. The number of fused-ring (bicyclic) bond motifs is 3. The Morgan fingerprint density at radius 1 is 0.622 bits per heavy atom. The summed E-state index contributed by atoms with van der Waals surface area (Å²) in [4.78, 5) is 17.1. The molecule has 37 heavy (non-hydrogen) atoms. The maximum absolute atomic E-state index is 12.9. The minimum atomic E-state index is -2.61. The highest BCUT2D eigenvalue weighted by Gasteiger charge is 2.48. The summed E-state index contributed by atoms with van der Waals surface area (Å²) in [5.41, 5.74) is 5.27. The number of anilines is 3. The number of rotatable bonds is 3. The van der Waals surface area contributed by atoms with E-state index in [1.54, 1.807) is 4.90 Å². The summed E-state index contributed by atoms with van der Waals surface area (Å²) < 4.78 is 0. The molecular formula is C33H26N2OSi. The van der Waals surface area contributed by atoms with Gasteiger partial charge in [0.05, 0.1) is 0 Å². The summed E-state index contributed by atoms with van der Waals surface area (Å²) in [6, 6.07) is 46.1. The van der Waals surface area contributed by atoms with Crippen molar-refractivity contribution in [3.63, 3.8) is 0 Å². The first-order chi connectivity index (χ1) is 18.2. The van der Waals surface area contributed by atoms with Gasteiger partial charge in [0.2, 0.25) is 0 Å². The average Bonchev–Trinajstić information content (AvgIpc) is 3.25. The van der Waals surface area contributed by atoms with Crippen molar-refractivity contribution in [2.45, 2.75) is 6.54 Å². The molecule has 5 aromatic rings. The van der Waals surface area contributed by atoms with Crippen molar-refractivity contribution in [3.8, 4) is 0 Å². The molecule has 0 aromatic heterocycles. The lowest BCUT2D eigenvalue weighted by molar-refractivity contribution is 0.0816. The van der Waals surface area contributed by atoms with Crippen molar-refractivity contribution >= 4 is 51.8 Å². The van der Waals surface area contributed by atoms with E-state index in [1.807, 2.05) is 7.05 Å². The van der Waals surface area contributed by atoms with Gasteiger partial charge in [-0.15, -0.1) is 0 Å². The van der Waals surface area contributed by atoms with Crippen molar-refractivity contribution in [3.05, 3.63) is 139 Å². The van der Waals surface area contributed by atoms with Crippen LogP contribution in [0, 0.1) is 0 Å². The topological polar surface area (TPSA) is 23.6 Å². The van der Waals surface area contributed by atoms with Crippen LogP contribution in [0.15, 0.2) is 127 Å². The number of hydrogen-bond donors (Lipinski definition) is 0. The van der Waals surface area contributed by atoms with E-state index in [0.29, 0.717) is 6.54 Å². The number of amides is 1. The van der Waals surface area contributed by atoms with E-state index in [9.17, 15) is 4.79 Å². The molecule has 2 heterocycles. The largest absolute Gasteiger partial charge is 0.337 e. The number of nitrogens with zero attached hydrogens (tertiary/aromatic N) is 2. The van der Waals surface area contributed by atoms with Gasteiger partial charge < -0.3 is 9.80 Å². The van der Waals surface area contributed by atoms with Crippen LogP contribution in [0.3, 0.4) is 0 Å². The molecular weight excluding hydrogens is 468 g/mol. The molecule has 5 aromatic carbocycles. The molecule has 4 heteroatoms. The van der Waals surface area contributed by atoms with E-state index in [-0.39, 0.29) is 5.91 Å². The van der Waals surface area contributed by atoms with Gasteiger partial charge in [0.15, 0.2) is 8.07 Å². The molecule has 0 unspecified atom stereocenters. The van der Waals surface area contributed by atoms with Crippen LogP contribution < -0.4 is 25.6 Å². The van der Waals surface area contributed by atoms with E-state index in [2.05, 4.69) is 132 Å². The Morgan fingerprint density at radius 3 is 1.70 bits per heavy atom. The predicted octanol–water partition coefficient (Wildman–Crippen LogP) is 4.43. The average molecular weight is 495 g/mol. The zero-order valence-electron chi connectivity index (χ0n) is 20.6. The first-order valence-corrected chi connectivity index (χ1v) is 14.7. The lowest BCUT2D eigenvalue weighted by Crippen LogP contribution is -2.77. The van der Waals surface area contributed by atoms with Gasteiger partial charge in [0.25, 0.3) is 5.91 Å². The summed E-state index contributed by atoms with van der Waals surface area (Å²) in [5.74, 6) is 0.0905. The minimum absolute atomic E-state index is 0.0905. The first-order valence-electron chi connectivity index (χ1n) is 12.7. The van der Waals surface area contributed by atoms with Crippen LogP contribution in [0.4, 0.5) is 17.1 Å². The van der Waals surface area contributed by atoms with Gasteiger partial charge in [-0.25, -0.2) is 0 Å². The highest BCUT2D eigenvalue weighted by atomic mass is 28.3. The Hall–Kier alpha value is -4.41. The molecule has 1 amide bonds. The summed E-state index contributed by atoms with van der Waals surface area (Å²) in [5, 5.41) is 5.45. The van der Waals surface area contributed by atoms with Crippen molar-refractivity contribution in [1.29, 1.82) is 0 Å². The van der Waals surface area contributed by atoms with Crippen LogP contribution in [0.5, 0.6) is 0 Å². The van der Waals surface area contributed by atoms with Crippen LogP contribution in [-0.2, 0) is 6.54 Å². The van der Waals surface area contributed by atoms with Crippen LogP contribution in [0.25, 0.3) is 0 Å². The Labute approximate surface area is 218 Å². The van der Waals surface area contributed by atoms with Crippen molar-refractivity contribution in [1.82, 2.24) is 4.90 Å². The van der Waals surface area contributed by atoms with E-state index in [0.717, 1.165) is 16.8 Å². The SMILES string of the molecule is CN1Cc2ccc(N3c4ccccc4[Si](c4ccccc4)(c4ccccc4)c4ccccc43)cc2C1=O. The first kappa shape index (κ1) is 21.8. The van der Waals surface area contributed by atoms with E-state index in [1.165, 1.54) is 32.1 Å². The molecule has 7 rings (SSSR count). The van der Waals surface area contributed by atoms with Gasteiger partial charge in [0, 0.05) is 36.2 Å². The summed E-state index contributed by atoms with van der Waals surface area (Å²) in [7, 11) is -0.744. The fourth-order valence-corrected chi connectivity index (χ4v) is 11.4. The highest BCUT2D eigenvalue weighted by Crippen LogP contribution is 2.39. The van der Waals surface area contributed by atoms with E-state index < -0.39 is 8.07 Å². The van der Waals surface area contributed by atoms with Gasteiger partial charge in [-0.05, 0) is 50.6 Å². The van der Waals surface area contributed by atoms with Crippen LogP contribution in [0.2, 0.25) is 0 Å². The quantitative estimate of drug-likeness (QED) is 0.340. The molecule has 2 aliphatic rings. The second-order valence-corrected chi connectivity index (χ2v) is 13.6. The number of carbonyl (C=O) groups excluding carboxylic acids is 1. The molecule has 2 aliphatic heterocycles. The molecule has 0 atom stereocenters. The number of carbonyl (C=O) groups is 1. The highest BCUT2D eigenvalue weighted by molar-refractivity contribution is 7.21. The number of para-hydroxylation sites is 2. The Morgan fingerprint density at radius 2 is 1.14 bits per heavy atom. The lowest BCUT2D eigenvalue weighted by Gasteiger charge is -2.45. The molecule has 0 radical (unpaired) electrons. The molecule has 0 N–H and O–H groups in total. The molecule has 0 spiro atoms.